The Morgan fingerprint density at radius 1 is 1.19 bits per heavy atom. The van der Waals surface area contributed by atoms with Gasteiger partial charge in [-0.3, -0.25) is 0 Å². The van der Waals surface area contributed by atoms with E-state index in [0.717, 1.165) is 43.2 Å². The third-order valence-electron chi connectivity index (χ3n) is 4.96. The van der Waals surface area contributed by atoms with E-state index in [4.69, 9.17) is 21.1 Å². The first kappa shape index (κ1) is 21.5. The van der Waals surface area contributed by atoms with Crippen molar-refractivity contribution in [3.05, 3.63) is 33.8 Å². The second-order valence-corrected chi connectivity index (χ2v) is 8.73. The summed E-state index contributed by atoms with van der Waals surface area (Å²) in [6.07, 6.45) is 4.40. The summed E-state index contributed by atoms with van der Waals surface area (Å²) in [6.45, 7) is 7.52. The molecule has 5 nitrogen and oxygen atoms in total. The molecule has 0 aromatic heterocycles. The fraction of sp³-hybridized carbons (Fsp3) is 0.619. The second kappa shape index (κ2) is 8.96. The molecular weight excluding hydrogens is 366 g/mol. The number of halogens is 1. The average Bonchev–Trinajstić information content (AvgIpc) is 2.57. The molecule has 0 heterocycles. The molecule has 27 heavy (non-hydrogen) atoms. The summed E-state index contributed by atoms with van der Waals surface area (Å²) in [7, 11) is 1.38. The van der Waals surface area contributed by atoms with Gasteiger partial charge in [0.05, 0.1) is 12.7 Å². The zero-order chi connectivity index (χ0) is 20.2. The van der Waals surface area contributed by atoms with Crippen LogP contribution in [0.5, 0.6) is 0 Å². The summed E-state index contributed by atoms with van der Waals surface area (Å²) in [5.74, 6) is 0.144. The van der Waals surface area contributed by atoms with Crippen LogP contribution in [0.15, 0.2) is 12.1 Å². The zero-order valence-corrected chi connectivity index (χ0v) is 17.6. The van der Waals surface area contributed by atoms with E-state index in [2.05, 4.69) is 5.32 Å². The summed E-state index contributed by atoms with van der Waals surface area (Å²) in [4.78, 5) is 23.9. The van der Waals surface area contributed by atoms with Gasteiger partial charge in [0.2, 0.25) is 0 Å². The molecule has 1 aromatic carbocycles. The molecule has 1 aliphatic rings. The highest BCUT2D eigenvalue weighted by Gasteiger charge is 2.26. The summed E-state index contributed by atoms with van der Waals surface area (Å²) >= 11 is 6.20. The summed E-state index contributed by atoms with van der Waals surface area (Å²) in [5.41, 5.74) is 2.06. The van der Waals surface area contributed by atoms with Gasteiger partial charge < -0.3 is 14.8 Å². The van der Waals surface area contributed by atoms with E-state index in [9.17, 15) is 9.59 Å². The number of carbonyl (C=O) groups is 2. The largest absolute Gasteiger partial charge is 0.465 e. The Morgan fingerprint density at radius 2 is 1.81 bits per heavy atom. The Bertz CT molecular complexity index is 688. The van der Waals surface area contributed by atoms with Gasteiger partial charge in [-0.1, -0.05) is 11.6 Å². The van der Waals surface area contributed by atoms with Crippen LogP contribution in [-0.4, -0.2) is 30.8 Å². The van der Waals surface area contributed by atoms with Crippen molar-refractivity contribution < 1.29 is 19.1 Å². The van der Waals surface area contributed by atoms with Crippen LogP contribution >= 0.6 is 11.6 Å². The smallest absolute Gasteiger partial charge is 0.407 e. The van der Waals surface area contributed by atoms with E-state index in [-0.39, 0.29) is 18.1 Å². The van der Waals surface area contributed by atoms with Gasteiger partial charge in [0.1, 0.15) is 5.60 Å². The molecule has 1 amide bonds. The van der Waals surface area contributed by atoms with Crippen LogP contribution in [0.4, 0.5) is 4.79 Å². The molecule has 0 unspecified atom stereocenters. The lowest BCUT2D eigenvalue weighted by Gasteiger charge is -2.30. The lowest BCUT2D eigenvalue weighted by Crippen LogP contribution is -2.41. The zero-order valence-electron chi connectivity index (χ0n) is 16.9. The van der Waals surface area contributed by atoms with E-state index < -0.39 is 5.60 Å². The minimum atomic E-state index is -0.483. The van der Waals surface area contributed by atoms with Gasteiger partial charge >= 0.3 is 12.1 Å². The maximum atomic E-state index is 11.9. The molecule has 0 atom stereocenters. The van der Waals surface area contributed by atoms with Crippen molar-refractivity contribution in [3.8, 4) is 0 Å². The lowest BCUT2D eigenvalue weighted by molar-refractivity contribution is 0.0486. The van der Waals surface area contributed by atoms with Crippen molar-refractivity contribution in [1.82, 2.24) is 5.32 Å². The van der Waals surface area contributed by atoms with Gasteiger partial charge in [-0.05, 0) is 89.0 Å². The molecule has 1 aliphatic carbocycles. The SMILES string of the molecule is COC(=O)c1cc(Cl)cc(CC2CCC(NC(=O)OC(C)(C)C)CC2)c1C. The lowest BCUT2D eigenvalue weighted by atomic mass is 9.81. The number of carbonyl (C=O) groups excluding carboxylic acids is 2. The van der Waals surface area contributed by atoms with Crippen molar-refractivity contribution >= 4 is 23.7 Å². The number of rotatable bonds is 4. The molecule has 150 valence electrons. The first-order chi connectivity index (χ1) is 12.6. The molecular formula is C21H30ClNO4. The number of esters is 1. The monoisotopic (exact) mass is 395 g/mol. The minimum absolute atomic E-state index is 0.155. The topological polar surface area (TPSA) is 64.6 Å². The predicted octanol–water partition coefficient (Wildman–Crippen LogP) is 5.06. The third-order valence-corrected chi connectivity index (χ3v) is 5.18. The number of ether oxygens (including phenoxy) is 2. The molecule has 1 saturated carbocycles. The van der Waals surface area contributed by atoms with Gasteiger partial charge in [0.15, 0.2) is 0 Å². The number of amides is 1. The van der Waals surface area contributed by atoms with Crippen LogP contribution < -0.4 is 5.32 Å². The summed E-state index contributed by atoms with van der Waals surface area (Å²) < 4.78 is 10.2. The van der Waals surface area contributed by atoms with E-state index in [1.165, 1.54) is 7.11 Å². The Morgan fingerprint density at radius 3 is 2.37 bits per heavy atom. The van der Waals surface area contributed by atoms with Crippen LogP contribution in [0.2, 0.25) is 5.02 Å². The first-order valence-corrected chi connectivity index (χ1v) is 9.83. The van der Waals surface area contributed by atoms with Crippen LogP contribution in [0.25, 0.3) is 0 Å². The fourth-order valence-corrected chi connectivity index (χ4v) is 3.81. The van der Waals surface area contributed by atoms with E-state index in [0.29, 0.717) is 16.5 Å². The van der Waals surface area contributed by atoms with Crippen molar-refractivity contribution in [2.75, 3.05) is 7.11 Å². The molecule has 1 aromatic rings. The fourth-order valence-electron chi connectivity index (χ4n) is 3.57. The number of methoxy groups -OCH3 is 1. The Hall–Kier alpha value is -1.75. The number of alkyl carbamates (subject to hydrolysis) is 1. The van der Waals surface area contributed by atoms with Gasteiger partial charge in [-0.2, -0.15) is 0 Å². The highest BCUT2D eigenvalue weighted by Crippen LogP contribution is 2.31. The number of hydrogen-bond donors (Lipinski definition) is 1. The van der Waals surface area contributed by atoms with E-state index in [1.807, 2.05) is 33.8 Å². The molecule has 0 saturated heterocycles. The standard InChI is InChI=1S/C21H30ClNO4/c1-13-15(11-16(22)12-18(13)19(24)26-5)10-14-6-8-17(9-7-14)23-20(25)27-21(2,3)4/h11-12,14,17H,6-10H2,1-5H3,(H,23,25). The first-order valence-electron chi connectivity index (χ1n) is 9.46. The predicted molar refractivity (Wildman–Crippen MR) is 106 cm³/mol. The highest BCUT2D eigenvalue weighted by molar-refractivity contribution is 6.31. The van der Waals surface area contributed by atoms with E-state index >= 15 is 0 Å². The quantitative estimate of drug-likeness (QED) is 0.723. The van der Waals surface area contributed by atoms with Crippen LogP contribution in [0.3, 0.4) is 0 Å². The summed E-state index contributed by atoms with van der Waals surface area (Å²) in [5, 5.41) is 3.52. The van der Waals surface area contributed by atoms with Gasteiger partial charge in [0, 0.05) is 11.1 Å². The highest BCUT2D eigenvalue weighted by atomic mass is 35.5. The van der Waals surface area contributed by atoms with Crippen LogP contribution in [0.1, 0.15) is 67.9 Å². The van der Waals surface area contributed by atoms with Crippen molar-refractivity contribution in [2.24, 2.45) is 5.92 Å². The Balaban J connectivity index is 1.93. The van der Waals surface area contributed by atoms with Crippen LogP contribution in [0, 0.1) is 12.8 Å². The maximum absolute atomic E-state index is 11.9. The maximum Gasteiger partial charge on any atom is 0.407 e. The average molecular weight is 396 g/mol. The number of benzene rings is 1. The molecule has 0 spiro atoms. The Kier molecular flexibility index (Phi) is 7.15. The molecule has 1 N–H and O–H groups in total. The summed E-state index contributed by atoms with van der Waals surface area (Å²) in [6, 6.07) is 3.75. The van der Waals surface area contributed by atoms with Crippen molar-refractivity contribution in [3.63, 3.8) is 0 Å². The molecule has 2 rings (SSSR count). The van der Waals surface area contributed by atoms with Gasteiger partial charge in [-0.25, -0.2) is 9.59 Å². The molecule has 1 fully saturated rings. The number of hydrogen-bond acceptors (Lipinski definition) is 4. The second-order valence-electron chi connectivity index (χ2n) is 8.30. The van der Waals surface area contributed by atoms with Gasteiger partial charge in [0.25, 0.3) is 0 Å². The molecule has 0 bridgehead atoms. The minimum Gasteiger partial charge on any atom is -0.465 e. The number of nitrogens with one attached hydrogen (secondary N) is 1. The van der Waals surface area contributed by atoms with E-state index in [1.54, 1.807) is 6.07 Å². The molecule has 0 aliphatic heterocycles. The van der Waals surface area contributed by atoms with Crippen LogP contribution in [-0.2, 0) is 15.9 Å². The normalized spacial score (nSPS) is 20.1. The van der Waals surface area contributed by atoms with Gasteiger partial charge in [-0.15, -0.1) is 0 Å². The Labute approximate surface area is 166 Å². The van der Waals surface area contributed by atoms with Crippen molar-refractivity contribution in [1.29, 1.82) is 0 Å². The molecule has 0 radical (unpaired) electrons. The van der Waals surface area contributed by atoms with Crippen molar-refractivity contribution in [2.45, 2.75) is 71.4 Å². The third kappa shape index (κ3) is 6.42. The molecule has 6 heteroatoms.